The maximum absolute atomic E-state index is 5.39. The fourth-order valence-corrected chi connectivity index (χ4v) is 1.29. The summed E-state index contributed by atoms with van der Waals surface area (Å²) in [5, 5.41) is 0. The molecule has 0 amide bonds. The summed E-state index contributed by atoms with van der Waals surface area (Å²) in [4.78, 5) is 0. The fourth-order valence-electron chi connectivity index (χ4n) is 0.938. The molecule has 0 unspecified atom stereocenters. The second-order valence-electron chi connectivity index (χ2n) is 2.83. The van der Waals surface area contributed by atoms with Crippen LogP contribution in [0.15, 0.2) is 0 Å². The van der Waals surface area contributed by atoms with Crippen molar-refractivity contribution in [2.45, 2.75) is 32.1 Å². The second-order valence-corrected chi connectivity index (χ2v) is 3.72. The summed E-state index contributed by atoms with van der Waals surface area (Å²) in [7, 11) is 0. The maximum atomic E-state index is 5.39. The van der Waals surface area contributed by atoms with Crippen LogP contribution in [0.5, 0.6) is 0 Å². The number of thiol groups is 2. The molecule has 1 nitrogen and oxygen atoms in total. The highest BCUT2D eigenvalue weighted by Gasteiger charge is 1.89. The molecule has 0 aliphatic carbocycles. The molecule has 74 valence electrons. The molecule has 0 atom stereocenters. The van der Waals surface area contributed by atoms with E-state index in [1.54, 1.807) is 0 Å². The van der Waals surface area contributed by atoms with Crippen molar-refractivity contribution in [1.29, 1.82) is 0 Å². The topological polar surface area (TPSA) is 9.23 Å². The van der Waals surface area contributed by atoms with Crippen LogP contribution in [0.4, 0.5) is 0 Å². The van der Waals surface area contributed by atoms with Gasteiger partial charge in [0, 0.05) is 13.2 Å². The van der Waals surface area contributed by atoms with Crippen molar-refractivity contribution in [2.75, 3.05) is 24.7 Å². The summed E-state index contributed by atoms with van der Waals surface area (Å²) in [6.07, 6.45) is 6.07. The van der Waals surface area contributed by atoms with E-state index in [1.165, 1.54) is 25.7 Å². The quantitative estimate of drug-likeness (QED) is 0.438. The molecule has 0 aromatic heterocycles. The molecule has 0 aliphatic rings. The van der Waals surface area contributed by atoms with Crippen molar-refractivity contribution in [2.24, 2.45) is 0 Å². The molecule has 3 heteroatoms. The number of hydrogen-bond donors (Lipinski definition) is 2. The van der Waals surface area contributed by atoms with Gasteiger partial charge >= 0.3 is 0 Å². The van der Waals surface area contributed by atoms with Gasteiger partial charge in [0.2, 0.25) is 0 Å². The van der Waals surface area contributed by atoms with Crippen molar-refractivity contribution >= 4 is 25.3 Å². The van der Waals surface area contributed by atoms with Gasteiger partial charge in [0.1, 0.15) is 0 Å². The fraction of sp³-hybridized carbons (Fsp3) is 1.00. The number of ether oxygens (including phenoxy) is 1. The summed E-state index contributed by atoms with van der Waals surface area (Å²) in [5.41, 5.74) is 0. The summed E-state index contributed by atoms with van der Waals surface area (Å²) in [5.74, 6) is 1.94. The first-order valence-electron chi connectivity index (χ1n) is 4.71. The van der Waals surface area contributed by atoms with E-state index in [1.807, 2.05) is 0 Å². The normalized spacial score (nSPS) is 10.5. The molecule has 0 radical (unpaired) electrons. The lowest BCUT2D eigenvalue weighted by molar-refractivity contribution is 0.131. The molecule has 0 saturated carbocycles. The predicted octanol–water partition coefficient (Wildman–Crippen LogP) is 2.81. The van der Waals surface area contributed by atoms with Gasteiger partial charge in [0.05, 0.1) is 0 Å². The Morgan fingerprint density at radius 3 is 1.92 bits per heavy atom. The minimum Gasteiger partial charge on any atom is -0.381 e. The Balaban J connectivity index is 2.73. The van der Waals surface area contributed by atoms with Gasteiger partial charge in [-0.1, -0.05) is 12.8 Å². The van der Waals surface area contributed by atoms with Crippen LogP contribution >= 0.6 is 25.3 Å². The highest BCUT2D eigenvalue weighted by molar-refractivity contribution is 7.80. The van der Waals surface area contributed by atoms with Crippen molar-refractivity contribution in [3.63, 3.8) is 0 Å². The van der Waals surface area contributed by atoms with Gasteiger partial charge in [0.15, 0.2) is 0 Å². The Bertz CT molecular complexity index is 68.9. The average Bonchev–Trinajstić information content (AvgIpc) is 2.10. The molecule has 0 fully saturated rings. The van der Waals surface area contributed by atoms with Crippen molar-refractivity contribution < 1.29 is 4.74 Å². The molecule has 0 spiro atoms. The van der Waals surface area contributed by atoms with E-state index >= 15 is 0 Å². The zero-order chi connectivity index (χ0) is 9.07. The SMILES string of the molecule is SCCCCCCOCCCS. The molecule has 12 heavy (non-hydrogen) atoms. The first-order chi connectivity index (χ1) is 5.91. The number of hydrogen-bond acceptors (Lipinski definition) is 3. The summed E-state index contributed by atoms with van der Waals surface area (Å²) < 4.78 is 5.39. The van der Waals surface area contributed by atoms with Gasteiger partial charge in [0.25, 0.3) is 0 Å². The summed E-state index contributed by atoms with van der Waals surface area (Å²) in [6, 6.07) is 0. The van der Waals surface area contributed by atoms with E-state index < -0.39 is 0 Å². The Kier molecular flexibility index (Phi) is 12.3. The smallest absolute Gasteiger partial charge is 0.0473 e. The van der Waals surface area contributed by atoms with Crippen molar-refractivity contribution in [1.82, 2.24) is 0 Å². The number of unbranched alkanes of at least 4 members (excludes halogenated alkanes) is 3. The van der Waals surface area contributed by atoms with Crippen LogP contribution in [0.3, 0.4) is 0 Å². The van der Waals surface area contributed by atoms with E-state index in [2.05, 4.69) is 25.3 Å². The molecule has 0 N–H and O–H groups in total. The van der Waals surface area contributed by atoms with Crippen LogP contribution in [0.2, 0.25) is 0 Å². The lowest BCUT2D eigenvalue weighted by atomic mass is 10.2. The van der Waals surface area contributed by atoms with Gasteiger partial charge in [-0.05, 0) is 30.8 Å². The minimum absolute atomic E-state index is 0.871. The van der Waals surface area contributed by atoms with Gasteiger partial charge in [-0.25, -0.2) is 0 Å². The Morgan fingerprint density at radius 2 is 1.25 bits per heavy atom. The molecule has 0 heterocycles. The van der Waals surface area contributed by atoms with E-state index in [0.29, 0.717) is 0 Å². The molecular formula is C9H20OS2. The largest absolute Gasteiger partial charge is 0.381 e. The third kappa shape index (κ3) is 10.7. The average molecular weight is 208 g/mol. The van der Waals surface area contributed by atoms with E-state index in [4.69, 9.17) is 4.74 Å². The lowest BCUT2D eigenvalue weighted by Crippen LogP contribution is -1.97. The van der Waals surface area contributed by atoms with Crippen LogP contribution in [-0.2, 0) is 4.74 Å². The van der Waals surface area contributed by atoms with Crippen molar-refractivity contribution in [3.8, 4) is 0 Å². The van der Waals surface area contributed by atoms with E-state index in [9.17, 15) is 0 Å². The third-order valence-corrected chi connectivity index (χ3v) is 2.28. The zero-order valence-corrected chi connectivity index (χ0v) is 9.46. The Hall–Kier alpha value is 0.660. The monoisotopic (exact) mass is 208 g/mol. The molecule has 0 bridgehead atoms. The minimum atomic E-state index is 0.871. The Labute approximate surface area is 87.1 Å². The maximum Gasteiger partial charge on any atom is 0.0473 e. The van der Waals surface area contributed by atoms with Gasteiger partial charge in [-0.3, -0.25) is 0 Å². The first-order valence-corrected chi connectivity index (χ1v) is 5.97. The zero-order valence-electron chi connectivity index (χ0n) is 7.67. The van der Waals surface area contributed by atoms with Crippen LogP contribution in [-0.4, -0.2) is 24.7 Å². The standard InChI is InChI=1S/C9H20OS2/c11-8-4-2-1-3-6-10-7-5-9-12/h11-12H,1-9H2. The third-order valence-electron chi connectivity index (χ3n) is 1.64. The van der Waals surface area contributed by atoms with Gasteiger partial charge in [-0.2, -0.15) is 25.3 Å². The molecule has 0 rings (SSSR count). The molecule has 0 aromatic rings. The molecule has 0 saturated heterocycles. The van der Waals surface area contributed by atoms with Crippen LogP contribution in [0.25, 0.3) is 0 Å². The highest BCUT2D eigenvalue weighted by Crippen LogP contribution is 2.01. The van der Waals surface area contributed by atoms with Gasteiger partial charge < -0.3 is 4.74 Å². The predicted molar refractivity (Wildman–Crippen MR) is 61.6 cm³/mol. The van der Waals surface area contributed by atoms with E-state index in [-0.39, 0.29) is 0 Å². The molecule has 0 aliphatic heterocycles. The number of rotatable bonds is 9. The van der Waals surface area contributed by atoms with Crippen LogP contribution in [0.1, 0.15) is 32.1 Å². The first kappa shape index (κ1) is 12.7. The molecular weight excluding hydrogens is 188 g/mol. The highest BCUT2D eigenvalue weighted by atomic mass is 32.1. The van der Waals surface area contributed by atoms with Gasteiger partial charge in [-0.15, -0.1) is 0 Å². The van der Waals surface area contributed by atoms with Crippen molar-refractivity contribution in [3.05, 3.63) is 0 Å². The van der Waals surface area contributed by atoms with Crippen LogP contribution in [0, 0.1) is 0 Å². The second kappa shape index (κ2) is 11.7. The van der Waals surface area contributed by atoms with Crippen LogP contribution < -0.4 is 0 Å². The summed E-state index contributed by atoms with van der Waals surface area (Å²) in [6.45, 7) is 1.79. The van der Waals surface area contributed by atoms with E-state index in [0.717, 1.165) is 31.1 Å². The molecule has 0 aromatic carbocycles. The Morgan fingerprint density at radius 1 is 0.667 bits per heavy atom. The lowest BCUT2D eigenvalue weighted by Gasteiger charge is -2.02. The summed E-state index contributed by atoms with van der Waals surface area (Å²) >= 11 is 8.26.